The molecule has 0 spiro atoms. The normalized spacial score (nSPS) is 11.6. The Morgan fingerprint density at radius 2 is 1.97 bits per heavy atom. The summed E-state index contributed by atoms with van der Waals surface area (Å²) in [5, 5.41) is 22.3. The number of hydrogen-bond donors (Lipinski definition) is 1. The molecular formula is C21H10Cl2N2O3S. The highest BCUT2D eigenvalue weighted by atomic mass is 35.5. The summed E-state index contributed by atoms with van der Waals surface area (Å²) in [4.78, 5) is 16.9. The predicted octanol–water partition coefficient (Wildman–Crippen LogP) is 5.99. The highest BCUT2D eigenvalue weighted by Crippen LogP contribution is 2.31. The van der Waals surface area contributed by atoms with E-state index in [4.69, 9.17) is 27.6 Å². The minimum absolute atomic E-state index is 0.139. The van der Waals surface area contributed by atoms with Crippen LogP contribution in [0.25, 0.3) is 33.9 Å². The molecule has 0 aliphatic carbocycles. The molecule has 5 nitrogen and oxygen atoms in total. The third-order valence-electron chi connectivity index (χ3n) is 4.09. The molecule has 0 aliphatic heterocycles. The Kier molecular flexibility index (Phi) is 5.12. The van der Waals surface area contributed by atoms with Gasteiger partial charge in [0.25, 0.3) is 0 Å². The first-order valence-electron chi connectivity index (χ1n) is 8.24. The molecule has 0 radical (unpaired) electrons. The Balaban J connectivity index is 1.77. The zero-order chi connectivity index (χ0) is 20.5. The van der Waals surface area contributed by atoms with E-state index in [1.807, 2.05) is 0 Å². The van der Waals surface area contributed by atoms with Crippen LogP contribution in [0.3, 0.4) is 0 Å². The van der Waals surface area contributed by atoms with E-state index < -0.39 is 5.63 Å². The van der Waals surface area contributed by atoms with Crippen LogP contribution in [0.15, 0.2) is 57.1 Å². The Bertz CT molecular complexity index is 1370. The van der Waals surface area contributed by atoms with Gasteiger partial charge in [-0.1, -0.05) is 35.3 Å². The van der Waals surface area contributed by atoms with Gasteiger partial charge in [-0.2, -0.15) is 5.26 Å². The Hall–Kier alpha value is -3.11. The van der Waals surface area contributed by atoms with E-state index in [0.29, 0.717) is 26.7 Å². The first-order valence-corrected chi connectivity index (χ1v) is 9.88. The summed E-state index contributed by atoms with van der Waals surface area (Å²) in [5.74, 6) is 0.139. The lowest BCUT2D eigenvalue weighted by molar-refractivity contribution is 0.475. The zero-order valence-corrected chi connectivity index (χ0v) is 16.8. The number of halogens is 2. The van der Waals surface area contributed by atoms with Gasteiger partial charge in [-0.25, -0.2) is 9.78 Å². The molecule has 0 saturated heterocycles. The van der Waals surface area contributed by atoms with Crippen molar-refractivity contribution in [2.45, 2.75) is 0 Å². The van der Waals surface area contributed by atoms with Gasteiger partial charge >= 0.3 is 5.63 Å². The number of thiazole rings is 1. The second-order valence-electron chi connectivity index (χ2n) is 6.05. The summed E-state index contributed by atoms with van der Waals surface area (Å²) < 4.78 is 5.35. The van der Waals surface area contributed by atoms with Crippen LogP contribution in [-0.4, -0.2) is 10.1 Å². The first-order chi connectivity index (χ1) is 13.9. The van der Waals surface area contributed by atoms with Gasteiger partial charge in [0, 0.05) is 15.8 Å². The second kappa shape index (κ2) is 7.72. The molecule has 8 heteroatoms. The van der Waals surface area contributed by atoms with Gasteiger partial charge in [0.1, 0.15) is 16.8 Å². The lowest BCUT2D eigenvalue weighted by Gasteiger charge is -2.02. The van der Waals surface area contributed by atoms with Crippen molar-refractivity contribution in [1.82, 2.24) is 4.98 Å². The average Bonchev–Trinajstić information content (AvgIpc) is 3.17. The maximum Gasteiger partial charge on any atom is 0.345 e. The van der Waals surface area contributed by atoms with E-state index in [9.17, 15) is 15.2 Å². The largest absolute Gasteiger partial charge is 0.508 e. The summed E-state index contributed by atoms with van der Waals surface area (Å²) in [6.45, 7) is 0. The molecule has 142 valence electrons. The summed E-state index contributed by atoms with van der Waals surface area (Å²) >= 11 is 13.4. The van der Waals surface area contributed by atoms with Gasteiger partial charge in [-0.15, -0.1) is 11.3 Å². The van der Waals surface area contributed by atoms with Crippen LogP contribution >= 0.6 is 34.5 Å². The van der Waals surface area contributed by atoms with Gasteiger partial charge in [-0.05, 0) is 42.0 Å². The highest BCUT2D eigenvalue weighted by molar-refractivity contribution is 7.11. The molecule has 0 saturated carbocycles. The van der Waals surface area contributed by atoms with E-state index in [-0.39, 0.29) is 21.9 Å². The first kappa shape index (κ1) is 19.2. The van der Waals surface area contributed by atoms with Crippen LogP contribution in [0.4, 0.5) is 0 Å². The van der Waals surface area contributed by atoms with Crippen LogP contribution in [0.5, 0.6) is 5.75 Å². The van der Waals surface area contributed by atoms with Gasteiger partial charge in [0.2, 0.25) is 0 Å². The fraction of sp³-hybridized carbons (Fsp3) is 0. The molecule has 0 atom stereocenters. The van der Waals surface area contributed by atoms with Gasteiger partial charge in [0.15, 0.2) is 5.58 Å². The molecule has 0 aliphatic rings. The number of aromatic nitrogens is 1. The predicted molar refractivity (Wildman–Crippen MR) is 115 cm³/mol. The Morgan fingerprint density at radius 1 is 1.21 bits per heavy atom. The number of aromatic hydroxyl groups is 1. The minimum Gasteiger partial charge on any atom is -0.508 e. The molecule has 0 fully saturated rings. The lowest BCUT2D eigenvalue weighted by Crippen LogP contribution is -2.03. The Morgan fingerprint density at radius 3 is 2.69 bits per heavy atom. The van der Waals surface area contributed by atoms with Crippen LogP contribution in [0.1, 0.15) is 10.6 Å². The van der Waals surface area contributed by atoms with Crippen molar-refractivity contribution >= 4 is 57.2 Å². The van der Waals surface area contributed by atoms with E-state index in [1.54, 1.807) is 35.7 Å². The standard InChI is InChI=1S/C21H10Cl2N2O3S/c22-14-6-12-7-16(21(27)28-19(12)17(23)8-14)18-10-29-20(25-18)13(9-24)5-11-1-3-15(26)4-2-11/h1-8,10,26H/b13-5+. The number of rotatable bonds is 3. The minimum atomic E-state index is -0.584. The van der Waals surface area contributed by atoms with Crippen molar-refractivity contribution in [2.75, 3.05) is 0 Å². The van der Waals surface area contributed by atoms with Crippen molar-refractivity contribution in [3.63, 3.8) is 0 Å². The fourth-order valence-electron chi connectivity index (χ4n) is 2.74. The van der Waals surface area contributed by atoms with Crippen LogP contribution in [0.2, 0.25) is 10.0 Å². The van der Waals surface area contributed by atoms with Crippen molar-refractivity contribution in [3.05, 3.63) is 78.9 Å². The van der Waals surface area contributed by atoms with E-state index in [2.05, 4.69) is 11.1 Å². The molecule has 29 heavy (non-hydrogen) atoms. The number of nitriles is 1. The number of benzene rings is 2. The SMILES string of the molecule is N#C/C(=C\c1ccc(O)cc1)c1nc(-c2cc3cc(Cl)cc(Cl)c3oc2=O)cs1. The molecule has 4 rings (SSSR count). The molecule has 0 unspecified atom stereocenters. The van der Waals surface area contributed by atoms with Crippen LogP contribution in [0, 0.1) is 11.3 Å². The fourth-order valence-corrected chi connectivity index (χ4v) is 4.07. The molecule has 2 heterocycles. The maximum atomic E-state index is 12.4. The molecule has 0 amide bonds. The molecule has 1 N–H and O–H groups in total. The van der Waals surface area contributed by atoms with Gasteiger partial charge in [-0.3, -0.25) is 0 Å². The van der Waals surface area contributed by atoms with Gasteiger partial charge < -0.3 is 9.52 Å². The second-order valence-corrected chi connectivity index (χ2v) is 7.75. The zero-order valence-electron chi connectivity index (χ0n) is 14.5. The quantitative estimate of drug-likeness (QED) is 0.312. The van der Waals surface area contributed by atoms with E-state index in [0.717, 1.165) is 5.56 Å². The van der Waals surface area contributed by atoms with E-state index >= 15 is 0 Å². The molecule has 2 aromatic heterocycles. The Labute approximate surface area is 178 Å². The third-order valence-corrected chi connectivity index (χ3v) is 5.46. The maximum absolute atomic E-state index is 12.4. The summed E-state index contributed by atoms with van der Waals surface area (Å²) in [6.07, 6.45) is 1.66. The van der Waals surface area contributed by atoms with Crippen molar-refractivity contribution < 1.29 is 9.52 Å². The third kappa shape index (κ3) is 3.89. The average molecular weight is 441 g/mol. The van der Waals surface area contributed by atoms with Crippen LogP contribution in [-0.2, 0) is 0 Å². The van der Waals surface area contributed by atoms with Crippen LogP contribution < -0.4 is 5.63 Å². The van der Waals surface area contributed by atoms with Crippen molar-refractivity contribution in [2.24, 2.45) is 0 Å². The number of hydrogen-bond acceptors (Lipinski definition) is 6. The topological polar surface area (TPSA) is 87.1 Å². The number of phenols is 1. The number of phenolic OH excluding ortho intramolecular Hbond substituents is 1. The number of fused-ring (bicyclic) bond motifs is 1. The smallest absolute Gasteiger partial charge is 0.345 e. The highest BCUT2D eigenvalue weighted by Gasteiger charge is 2.15. The van der Waals surface area contributed by atoms with Crippen molar-refractivity contribution in [3.8, 4) is 23.1 Å². The molecule has 0 bridgehead atoms. The van der Waals surface area contributed by atoms with E-state index in [1.165, 1.54) is 29.5 Å². The number of nitrogens with zero attached hydrogens (tertiary/aromatic N) is 2. The van der Waals surface area contributed by atoms with Crippen molar-refractivity contribution in [1.29, 1.82) is 5.26 Å². The lowest BCUT2D eigenvalue weighted by atomic mass is 10.1. The molecule has 2 aromatic carbocycles. The summed E-state index contributed by atoms with van der Waals surface area (Å²) in [7, 11) is 0. The molecule has 4 aromatic rings. The summed E-state index contributed by atoms with van der Waals surface area (Å²) in [5.41, 5.74) is 1.39. The monoisotopic (exact) mass is 440 g/mol. The molecular weight excluding hydrogens is 431 g/mol. The summed E-state index contributed by atoms with van der Waals surface area (Å²) in [6, 6.07) is 13.3. The number of allylic oxidation sites excluding steroid dienone is 1. The van der Waals surface area contributed by atoms with Gasteiger partial charge in [0.05, 0.1) is 21.9 Å².